The number of esters is 4. The maximum Gasteiger partial charge on any atom is 0.472 e. The van der Waals surface area contributed by atoms with Crippen molar-refractivity contribution in [1.29, 1.82) is 0 Å². The first-order valence-corrected chi connectivity index (χ1v) is 42.8. The Kier molecular flexibility index (Phi) is 66.2. The highest BCUT2D eigenvalue weighted by Gasteiger charge is 2.30. The zero-order valence-electron chi connectivity index (χ0n) is 62.8. The Morgan fingerprint density at radius 2 is 0.479 bits per heavy atom. The largest absolute Gasteiger partial charge is 0.472 e. The van der Waals surface area contributed by atoms with Crippen LogP contribution in [-0.4, -0.2) is 96.7 Å². The number of unbranched alkanes of at least 4 members (excludes halogenated alkanes) is 43. The smallest absolute Gasteiger partial charge is 0.462 e. The standard InChI is InChI=1S/C77H150O17P2/c1-8-9-10-11-12-13-14-15-19-26-31-38-46-53-60-77(82)94-73(65-88-75(80)59-52-45-40-33-36-43-50-57-70(6)7)67-92-96(85,86)90-63-71(78)62-89-95(83,84)91-66-72(64-87-74(79)58-51-44-37-30-25-22-21-24-29-35-42-49-56-69(4)5)93-76(81)61-54-47-39-32-27-20-17-16-18-23-28-34-41-48-55-68(2)3/h68-73,78H,8-67H2,1-7H3,(H,83,84)(H,85,86)/t71-,72-,73-/m1/s1. The number of aliphatic hydroxyl groups is 1. The number of carbonyl (C=O) groups excluding carboxylic acids is 4. The van der Waals surface area contributed by atoms with Gasteiger partial charge in [-0.15, -0.1) is 0 Å². The van der Waals surface area contributed by atoms with Gasteiger partial charge in [0, 0.05) is 25.7 Å². The highest BCUT2D eigenvalue weighted by Crippen LogP contribution is 2.45. The Bertz CT molecular complexity index is 1870. The van der Waals surface area contributed by atoms with Crippen LogP contribution in [0.3, 0.4) is 0 Å². The molecule has 0 rings (SSSR count). The van der Waals surface area contributed by atoms with E-state index in [1.165, 1.54) is 199 Å². The fourth-order valence-electron chi connectivity index (χ4n) is 11.8. The molecule has 0 aliphatic carbocycles. The van der Waals surface area contributed by atoms with Crippen molar-refractivity contribution in [3.8, 4) is 0 Å². The van der Waals surface area contributed by atoms with Crippen molar-refractivity contribution >= 4 is 39.5 Å². The summed E-state index contributed by atoms with van der Waals surface area (Å²) in [5.41, 5.74) is 0. The van der Waals surface area contributed by atoms with Gasteiger partial charge in [0.05, 0.1) is 26.4 Å². The predicted molar refractivity (Wildman–Crippen MR) is 391 cm³/mol. The lowest BCUT2D eigenvalue weighted by molar-refractivity contribution is -0.161. The van der Waals surface area contributed by atoms with Crippen molar-refractivity contribution in [2.24, 2.45) is 17.8 Å². The van der Waals surface area contributed by atoms with Crippen LogP contribution in [0.2, 0.25) is 0 Å². The molecule has 0 spiro atoms. The van der Waals surface area contributed by atoms with Gasteiger partial charge in [0.2, 0.25) is 0 Å². The van der Waals surface area contributed by atoms with Crippen LogP contribution in [0.1, 0.15) is 395 Å². The number of rotatable bonds is 75. The van der Waals surface area contributed by atoms with E-state index in [-0.39, 0.29) is 25.7 Å². The van der Waals surface area contributed by atoms with Crippen LogP contribution in [0.5, 0.6) is 0 Å². The first kappa shape index (κ1) is 94.1. The molecular formula is C77H150O17P2. The van der Waals surface area contributed by atoms with Crippen LogP contribution in [0, 0.1) is 17.8 Å². The van der Waals surface area contributed by atoms with E-state index in [4.69, 9.17) is 37.0 Å². The lowest BCUT2D eigenvalue weighted by Gasteiger charge is -2.21. The molecule has 0 saturated carbocycles. The van der Waals surface area contributed by atoms with Crippen molar-refractivity contribution in [1.82, 2.24) is 0 Å². The van der Waals surface area contributed by atoms with Gasteiger partial charge in [-0.05, 0) is 43.4 Å². The van der Waals surface area contributed by atoms with E-state index in [9.17, 15) is 43.2 Å². The maximum absolute atomic E-state index is 13.1. The lowest BCUT2D eigenvalue weighted by atomic mass is 10.0. The summed E-state index contributed by atoms with van der Waals surface area (Å²) in [4.78, 5) is 72.9. The van der Waals surface area contributed by atoms with Crippen LogP contribution in [0.4, 0.5) is 0 Å². The van der Waals surface area contributed by atoms with Crippen LogP contribution < -0.4 is 0 Å². The highest BCUT2D eigenvalue weighted by molar-refractivity contribution is 7.47. The molecule has 0 heterocycles. The lowest BCUT2D eigenvalue weighted by Crippen LogP contribution is -2.30. The number of phosphoric acid groups is 2. The van der Waals surface area contributed by atoms with E-state index in [0.29, 0.717) is 31.6 Å². The van der Waals surface area contributed by atoms with E-state index in [0.717, 1.165) is 108 Å². The summed E-state index contributed by atoms with van der Waals surface area (Å²) < 4.78 is 68.6. The molecule has 0 aromatic carbocycles. The molecule has 0 amide bonds. The quantitative estimate of drug-likeness (QED) is 0.0222. The molecule has 0 aliphatic heterocycles. The summed E-state index contributed by atoms with van der Waals surface area (Å²) >= 11 is 0. The van der Waals surface area contributed by atoms with E-state index in [2.05, 4.69) is 48.5 Å². The Morgan fingerprint density at radius 3 is 0.708 bits per heavy atom. The van der Waals surface area contributed by atoms with Crippen LogP contribution in [0.25, 0.3) is 0 Å². The Hall–Kier alpha value is -1.94. The molecule has 0 aliphatic rings. The average Bonchev–Trinajstić information content (AvgIpc) is 3.40. The fourth-order valence-corrected chi connectivity index (χ4v) is 13.4. The normalized spacial score (nSPS) is 14.1. The van der Waals surface area contributed by atoms with Crippen molar-refractivity contribution in [2.75, 3.05) is 39.6 Å². The molecule has 3 N–H and O–H groups in total. The fraction of sp³-hybridized carbons (Fsp3) is 0.948. The van der Waals surface area contributed by atoms with Crippen molar-refractivity contribution in [2.45, 2.75) is 414 Å². The number of hydrogen-bond acceptors (Lipinski definition) is 15. The summed E-state index contributed by atoms with van der Waals surface area (Å²) in [5.74, 6) is 0.167. The van der Waals surface area contributed by atoms with Gasteiger partial charge in [-0.1, -0.05) is 344 Å². The minimum absolute atomic E-state index is 0.107. The topological polar surface area (TPSA) is 237 Å². The Labute approximate surface area is 588 Å². The molecule has 0 saturated heterocycles. The molecule has 19 heteroatoms. The summed E-state index contributed by atoms with van der Waals surface area (Å²) in [6.07, 6.45) is 54.1. The highest BCUT2D eigenvalue weighted by atomic mass is 31.2. The van der Waals surface area contributed by atoms with Crippen molar-refractivity contribution in [3.05, 3.63) is 0 Å². The van der Waals surface area contributed by atoms with Crippen molar-refractivity contribution < 1.29 is 80.2 Å². The monoisotopic (exact) mass is 1410 g/mol. The van der Waals surface area contributed by atoms with Gasteiger partial charge in [-0.25, -0.2) is 9.13 Å². The molecule has 0 aromatic rings. The van der Waals surface area contributed by atoms with Crippen LogP contribution in [-0.2, 0) is 65.4 Å². The second-order valence-corrected chi connectivity index (χ2v) is 32.1. The summed E-state index contributed by atoms with van der Waals surface area (Å²) in [7, 11) is -9.91. The molecule has 0 aromatic heterocycles. The zero-order chi connectivity index (χ0) is 70.9. The SMILES string of the molecule is CCCCCCCCCCCCCCCCC(=O)O[C@H](COC(=O)CCCCCCCCCC(C)C)COP(=O)(O)OC[C@H](O)COP(=O)(O)OC[C@@H](COC(=O)CCCCCCCCCCCCCCC(C)C)OC(=O)CCCCCCCCCCCCCCCCC(C)C. The molecule has 96 heavy (non-hydrogen) atoms. The summed E-state index contributed by atoms with van der Waals surface area (Å²) in [6, 6.07) is 0. The number of ether oxygens (including phenoxy) is 4. The molecule has 5 atom stereocenters. The van der Waals surface area contributed by atoms with Gasteiger partial charge in [0.25, 0.3) is 0 Å². The third-order valence-corrected chi connectivity index (χ3v) is 19.8. The van der Waals surface area contributed by atoms with Gasteiger partial charge in [0.15, 0.2) is 12.2 Å². The van der Waals surface area contributed by atoms with E-state index in [1.807, 2.05) is 0 Å². The first-order valence-electron chi connectivity index (χ1n) is 39.8. The zero-order valence-corrected chi connectivity index (χ0v) is 64.6. The molecule has 17 nitrogen and oxygen atoms in total. The number of aliphatic hydroxyl groups excluding tert-OH is 1. The minimum atomic E-state index is -4.96. The van der Waals surface area contributed by atoms with Crippen LogP contribution in [0.15, 0.2) is 0 Å². The average molecular weight is 1410 g/mol. The number of carbonyl (C=O) groups is 4. The van der Waals surface area contributed by atoms with E-state index in [1.54, 1.807) is 0 Å². The number of phosphoric ester groups is 2. The van der Waals surface area contributed by atoms with Gasteiger partial charge in [0.1, 0.15) is 19.3 Å². The molecule has 570 valence electrons. The second kappa shape index (κ2) is 67.5. The van der Waals surface area contributed by atoms with Gasteiger partial charge >= 0.3 is 39.5 Å². The third-order valence-electron chi connectivity index (χ3n) is 17.9. The van der Waals surface area contributed by atoms with Gasteiger partial charge in [-0.2, -0.15) is 0 Å². The molecule has 2 unspecified atom stereocenters. The number of hydrogen-bond donors (Lipinski definition) is 3. The van der Waals surface area contributed by atoms with E-state index >= 15 is 0 Å². The van der Waals surface area contributed by atoms with Crippen LogP contribution >= 0.6 is 15.6 Å². The predicted octanol–water partition coefficient (Wildman–Crippen LogP) is 22.6. The molecular weight excluding hydrogens is 1260 g/mol. The summed E-state index contributed by atoms with van der Waals surface area (Å²) in [6.45, 7) is 11.9. The molecule has 0 radical (unpaired) electrons. The van der Waals surface area contributed by atoms with Gasteiger partial charge < -0.3 is 33.8 Å². The minimum Gasteiger partial charge on any atom is -0.462 e. The molecule has 0 fully saturated rings. The van der Waals surface area contributed by atoms with E-state index < -0.39 is 97.5 Å². The summed E-state index contributed by atoms with van der Waals surface area (Å²) in [5, 5.41) is 10.6. The Balaban J connectivity index is 5.25. The van der Waals surface area contributed by atoms with Gasteiger partial charge in [-0.3, -0.25) is 37.3 Å². The van der Waals surface area contributed by atoms with Crippen molar-refractivity contribution in [3.63, 3.8) is 0 Å². The first-order chi connectivity index (χ1) is 46.2. The molecule has 0 bridgehead atoms. The second-order valence-electron chi connectivity index (χ2n) is 29.2. The maximum atomic E-state index is 13.1. The third kappa shape index (κ3) is 70.5. The Morgan fingerprint density at radius 1 is 0.281 bits per heavy atom.